The van der Waals surface area contributed by atoms with E-state index in [-0.39, 0.29) is 54.7 Å². The molecule has 0 saturated heterocycles. The maximum Gasteiger partial charge on any atom is 0.162 e. The predicted molar refractivity (Wildman–Crippen MR) is 184 cm³/mol. The molecule has 0 amide bonds. The van der Waals surface area contributed by atoms with E-state index in [1.165, 1.54) is 23.2 Å². The van der Waals surface area contributed by atoms with E-state index in [1.54, 1.807) is 0 Å². The second-order valence-corrected chi connectivity index (χ2v) is 12.6. The molecule has 5 heteroatoms. The molecule has 1 N–H and O–H groups in total. The number of rotatable bonds is 8. The fraction of sp³-hybridized carbons (Fsp3) is 0.350. The molecule has 3 nitrogen and oxygen atoms in total. The Morgan fingerprint density at radius 2 is 1.47 bits per heavy atom. The van der Waals surface area contributed by atoms with E-state index < -0.39 is 0 Å². The number of halogens is 1. The first-order valence-electron chi connectivity index (χ1n) is 15.9. The number of aliphatic hydroxyl groups is 1. The van der Waals surface area contributed by atoms with Gasteiger partial charge in [-0.25, -0.2) is 4.39 Å². The molecule has 45 heavy (non-hydrogen) atoms. The number of carbonyl (C=O) groups is 1. The zero-order valence-corrected chi connectivity index (χ0v) is 29.9. The fourth-order valence-electron chi connectivity index (χ4n) is 5.94. The first-order valence-corrected chi connectivity index (χ1v) is 15.9. The summed E-state index contributed by atoms with van der Waals surface area (Å²) in [7, 11) is 0. The Hall–Kier alpha value is -3.40. The number of carbonyl (C=O) groups excluding carboxylic acids is 1. The van der Waals surface area contributed by atoms with Gasteiger partial charge in [0.25, 0.3) is 0 Å². The molecule has 1 aromatic heterocycles. The van der Waals surface area contributed by atoms with Crippen molar-refractivity contribution >= 4 is 38.1 Å². The number of nitrogens with zero attached hydrogens (tertiary/aromatic N) is 1. The first kappa shape index (κ1) is 36.1. The number of aliphatic hydroxyl groups excluding tert-OH is 1. The Kier molecular flexibility index (Phi) is 12.6. The molecule has 0 aliphatic rings. The first-order chi connectivity index (χ1) is 21.0. The van der Waals surface area contributed by atoms with E-state index in [0.29, 0.717) is 5.39 Å². The summed E-state index contributed by atoms with van der Waals surface area (Å²) in [6.45, 7) is 14.7. The monoisotopic (exact) mass is 783 g/mol. The average molecular weight is 783 g/mol. The summed E-state index contributed by atoms with van der Waals surface area (Å²) in [5.74, 6) is 0.248. The van der Waals surface area contributed by atoms with Gasteiger partial charge in [0.05, 0.1) is 12.0 Å². The Labute approximate surface area is 281 Å². The van der Waals surface area contributed by atoms with Gasteiger partial charge in [0.2, 0.25) is 0 Å². The molecule has 239 valence electrons. The second kappa shape index (κ2) is 15.7. The topological polar surface area (TPSA) is 50.2 Å². The molecule has 0 bridgehead atoms. The molecular formula is C40H45FIrNO2-. The minimum Gasteiger partial charge on any atom is -0.512 e. The van der Waals surface area contributed by atoms with Crippen molar-refractivity contribution in [2.75, 3.05) is 0 Å². The van der Waals surface area contributed by atoms with E-state index >= 15 is 0 Å². The number of allylic oxidation sites excluding steroid dienone is 2. The third-order valence-electron chi connectivity index (χ3n) is 8.65. The van der Waals surface area contributed by atoms with Gasteiger partial charge >= 0.3 is 0 Å². The Balaban J connectivity index is 0.000000297. The largest absolute Gasteiger partial charge is 0.512 e. The quantitative estimate of drug-likeness (QED) is 0.0738. The molecule has 5 rings (SSSR count). The molecule has 5 aromatic rings. The number of ketones is 1. The number of pyridine rings is 1. The molecule has 0 fully saturated rings. The van der Waals surface area contributed by atoms with Gasteiger partial charge < -0.3 is 5.11 Å². The van der Waals surface area contributed by atoms with Crippen LogP contribution in [0.15, 0.2) is 84.8 Å². The molecular weight excluding hydrogens is 738 g/mol. The maximum atomic E-state index is 14.7. The van der Waals surface area contributed by atoms with E-state index in [4.69, 9.17) is 0 Å². The van der Waals surface area contributed by atoms with Crippen molar-refractivity contribution < 1.29 is 34.4 Å². The van der Waals surface area contributed by atoms with Crippen molar-refractivity contribution in [1.82, 2.24) is 4.98 Å². The van der Waals surface area contributed by atoms with Crippen LogP contribution >= 0.6 is 0 Å². The van der Waals surface area contributed by atoms with Crippen LogP contribution < -0.4 is 0 Å². The minimum atomic E-state index is -0.300. The number of hydrogen-bond acceptors (Lipinski definition) is 3. The van der Waals surface area contributed by atoms with Crippen LogP contribution in [0.25, 0.3) is 43.6 Å². The molecule has 0 unspecified atom stereocenters. The van der Waals surface area contributed by atoms with Crippen molar-refractivity contribution in [2.45, 2.75) is 79.6 Å². The van der Waals surface area contributed by atoms with Crippen LogP contribution in [0.5, 0.6) is 0 Å². The number of aromatic nitrogens is 1. The summed E-state index contributed by atoms with van der Waals surface area (Å²) >= 11 is 0. The Morgan fingerprint density at radius 3 is 2.09 bits per heavy atom. The molecule has 1 radical (unpaired) electrons. The average Bonchev–Trinajstić information content (AvgIpc) is 3.01. The van der Waals surface area contributed by atoms with Crippen LogP contribution in [0.2, 0.25) is 0 Å². The summed E-state index contributed by atoms with van der Waals surface area (Å²) in [5.41, 5.74) is 2.87. The minimum absolute atomic E-state index is 0. The van der Waals surface area contributed by atoms with Gasteiger partial charge in [0.15, 0.2) is 5.78 Å². The molecule has 0 atom stereocenters. The smallest absolute Gasteiger partial charge is 0.162 e. The molecule has 0 aliphatic carbocycles. The van der Waals surface area contributed by atoms with Gasteiger partial charge in [-0.05, 0) is 47.3 Å². The third-order valence-corrected chi connectivity index (χ3v) is 8.65. The van der Waals surface area contributed by atoms with Crippen LogP contribution in [0.4, 0.5) is 4.39 Å². The molecule has 0 spiro atoms. The van der Waals surface area contributed by atoms with Crippen molar-refractivity contribution in [3.05, 3.63) is 102 Å². The van der Waals surface area contributed by atoms with Crippen molar-refractivity contribution in [1.29, 1.82) is 0 Å². The maximum absolute atomic E-state index is 14.7. The van der Waals surface area contributed by atoms with E-state index in [0.717, 1.165) is 58.5 Å². The van der Waals surface area contributed by atoms with E-state index in [9.17, 15) is 14.3 Å². The number of benzene rings is 4. The van der Waals surface area contributed by atoms with Crippen molar-refractivity contribution in [3.8, 4) is 11.3 Å². The van der Waals surface area contributed by atoms with Gasteiger partial charge in [-0.2, -0.15) is 0 Å². The SMILES string of the molecule is CC(C)(C)c1cc(-c2ncc(F)c3ccc4ccccc4c23)[c-]c2ccccc12.CCC(CC)C(=O)/C=C(\O)C(CC)CC.[Ir]. The summed E-state index contributed by atoms with van der Waals surface area (Å²) < 4.78 is 14.7. The predicted octanol–water partition coefficient (Wildman–Crippen LogP) is 11.3. The third kappa shape index (κ3) is 8.07. The van der Waals surface area contributed by atoms with Gasteiger partial charge in [-0.3, -0.25) is 9.78 Å². The van der Waals surface area contributed by atoms with E-state index in [1.807, 2.05) is 70.2 Å². The zero-order chi connectivity index (χ0) is 32.0. The van der Waals surface area contributed by atoms with Crippen LogP contribution in [-0.4, -0.2) is 15.9 Å². The Bertz CT molecular complexity index is 1800. The summed E-state index contributed by atoms with van der Waals surface area (Å²) in [5, 5.41) is 15.5. The van der Waals surface area contributed by atoms with Crippen LogP contribution in [0.3, 0.4) is 0 Å². The second-order valence-electron chi connectivity index (χ2n) is 12.6. The fourth-order valence-corrected chi connectivity index (χ4v) is 5.94. The zero-order valence-electron chi connectivity index (χ0n) is 27.5. The van der Waals surface area contributed by atoms with E-state index in [2.05, 4.69) is 56.1 Å². The molecule has 1 heterocycles. The van der Waals surface area contributed by atoms with Crippen LogP contribution in [0.1, 0.15) is 79.7 Å². The Morgan fingerprint density at radius 1 is 0.867 bits per heavy atom. The number of hydrogen-bond donors (Lipinski definition) is 1. The standard InChI is InChI=1S/C27H21FN.C13H24O2.Ir/c1-27(2,3)23-15-19(14-18-9-5-6-10-20(18)23)26-25-21-11-7-4-8-17(21)12-13-22(25)24(28)16-29-26;1-5-10(6-2)12(14)9-13(15)11(7-3)8-4;/h4-13,15-16H,1-3H3;9-11,14H,5-8H2,1-4H3;/q-1;;/b;12-9-;. The van der Waals surface area contributed by atoms with Crippen LogP contribution in [-0.2, 0) is 30.3 Å². The normalized spacial score (nSPS) is 12.0. The summed E-state index contributed by atoms with van der Waals surface area (Å²) in [4.78, 5) is 16.3. The van der Waals surface area contributed by atoms with Crippen LogP contribution in [0, 0.1) is 23.7 Å². The number of fused-ring (bicyclic) bond motifs is 4. The molecule has 0 aliphatic heterocycles. The van der Waals surface area contributed by atoms with Gasteiger partial charge in [-0.1, -0.05) is 114 Å². The van der Waals surface area contributed by atoms with Gasteiger partial charge in [0, 0.05) is 49.1 Å². The summed E-state index contributed by atoms with van der Waals surface area (Å²) in [6, 6.07) is 25.9. The van der Waals surface area contributed by atoms with Crippen molar-refractivity contribution in [3.63, 3.8) is 0 Å². The molecule has 4 aromatic carbocycles. The van der Waals surface area contributed by atoms with Crippen molar-refractivity contribution in [2.24, 2.45) is 11.8 Å². The van der Waals surface area contributed by atoms with Gasteiger partial charge in [0.1, 0.15) is 5.82 Å². The van der Waals surface area contributed by atoms with Gasteiger partial charge in [-0.15, -0.1) is 29.1 Å². The summed E-state index contributed by atoms with van der Waals surface area (Å²) in [6.07, 6.45) is 6.23. The molecule has 0 saturated carbocycles.